The zero-order valence-corrected chi connectivity index (χ0v) is 15.1. The average molecular weight is 377 g/mol. The van der Waals surface area contributed by atoms with Crippen molar-refractivity contribution in [2.75, 3.05) is 26.3 Å². The number of halogens is 2. The second-order valence-electron chi connectivity index (χ2n) is 6.74. The van der Waals surface area contributed by atoms with Gasteiger partial charge in [-0.05, 0) is 39.0 Å². The number of nitrogens with zero attached hydrogens (tertiary/aromatic N) is 1. The summed E-state index contributed by atoms with van der Waals surface area (Å²) >= 11 is 0. The molecule has 0 radical (unpaired) electrons. The van der Waals surface area contributed by atoms with Crippen molar-refractivity contribution < 1.29 is 31.5 Å². The molecule has 1 aliphatic rings. The Morgan fingerprint density at radius 1 is 1.28 bits per heavy atom. The number of benzene rings is 1. The summed E-state index contributed by atoms with van der Waals surface area (Å²) in [7, 11) is -4.02. The molecule has 0 bridgehead atoms. The summed E-state index contributed by atoms with van der Waals surface area (Å²) in [5.74, 6) is -2.38. The molecule has 1 aliphatic heterocycles. The van der Waals surface area contributed by atoms with Gasteiger partial charge in [0, 0.05) is 13.1 Å². The second-order valence-corrected chi connectivity index (χ2v) is 8.97. The number of sulfone groups is 1. The molecule has 1 saturated heterocycles. The van der Waals surface area contributed by atoms with Gasteiger partial charge in [-0.2, -0.15) is 0 Å². The van der Waals surface area contributed by atoms with Crippen molar-refractivity contribution in [2.24, 2.45) is 0 Å². The first kappa shape index (κ1) is 19.6. The molecule has 1 aromatic rings. The maximum Gasteiger partial charge on any atom is 0.410 e. The zero-order chi connectivity index (χ0) is 18.8. The number of carbonyl (C=O) groups is 1. The molecule has 0 saturated carbocycles. The molecule has 0 aromatic heterocycles. The number of carbonyl (C=O) groups excluding carboxylic acids is 1. The lowest BCUT2D eigenvalue weighted by Crippen LogP contribution is -2.43. The van der Waals surface area contributed by atoms with Crippen LogP contribution in [0.2, 0.25) is 0 Å². The van der Waals surface area contributed by atoms with Crippen molar-refractivity contribution >= 4 is 15.9 Å². The van der Waals surface area contributed by atoms with E-state index >= 15 is 0 Å². The van der Waals surface area contributed by atoms with Gasteiger partial charge >= 0.3 is 6.09 Å². The first-order chi connectivity index (χ1) is 11.5. The molecule has 1 aromatic carbocycles. The third-order valence-corrected chi connectivity index (χ3v) is 5.62. The molecule has 1 atom stereocenters. The van der Waals surface area contributed by atoms with Crippen molar-refractivity contribution in [3.8, 4) is 0 Å². The normalized spacial score (nSPS) is 19.4. The minimum Gasteiger partial charge on any atom is -0.444 e. The van der Waals surface area contributed by atoms with Crippen LogP contribution in [0.1, 0.15) is 20.8 Å². The van der Waals surface area contributed by atoms with Crippen LogP contribution in [-0.4, -0.2) is 56.6 Å². The first-order valence-corrected chi connectivity index (χ1v) is 9.30. The molecular weight excluding hydrogens is 356 g/mol. The fraction of sp³-hybridized carbons (Fsp3) is 0.562. The molecular formula is C16H21F2NO5S. The highest BCUT2D eigenvalue weighted by Gasteiger charge is 2.35. The predicted molar refractivity (Wildman–Crippen MR) is 86.0 cm³/mol. The van der Waals surface area contributed by atoms with Gasteiger partial charge in [-0.1, -0.05) is 0 Å². The van der Waals surface area contributed by atoms with Gasteiger partial charge in [0.05, 0.1) is 18.1 Å². The van der Waals surface area contributed by atoms with Crippen LogP contribution in [0.25, 0.3) is 0 Å². The van der Waals surface area contributed by atoms with Crippen LogP contribution in [0.5, 0.6) is 0 Å². The molecule has 9 heteroatoms. The third kappa shape index (κ3) is 4.88. The second kappa shape index (κ2) is 7.25. The van der Waals surface area contributed by atoms with Crippen molar-refractivity contribution in [1.82, 2.24) is 4.90 Å². The van der Waals surface area contributed by atoms with E-state index in [1.165, 1.54) is 4.90 Å². The zero-order valence-electron chi connectivity index (χ0n) is 14.3. The minimum absolute atomic E-state index is 0.152. The van der Waals surface area contributed by atoms with Gasteiger partial charge in [0.25, 0.3) is 0 Å². The van der Waals surface area contributed by atoms with Gasteiger partial charge in [-0.3, -0.25) is 0 Å². The van der Waals surface area contributed by atoms with Gasteiger partial charge in [0.1, 0.15) is 10.9 Å². The van der Waals surface area contributed by atoms with E-state index in [2.05, 4.69) is 0 Å². The van der Waals surface area contributed by atoms with Gasteiger partial charge < -0.3 is 14.4 Å². The largest absolute Gasteiger partial charge is 0.444 e. The van der Waals surface area contributed by atoms with E-state index in [0.717, 1.165) is 12.1 Å². The number of amides is 1. The molecule has 0 aliphatic carbocycles. The standard InChI is InChI=1S/C16H21F2NO5S/c1-16(2,3)24-15(20)19-6-7-23-10-12(9-19)25(21,22)11-4-5-13(17)14(18)8-11/h4-5,8,12H,6-7,9-10H2,1-3H3/t12-/m0/s1. The monoisotopic (exact) mass is 377 g/mol. The average Bonchev–Trinajstić information content (AvgIpc) is 2.74. The van der Waals surface area contributed by atoms with E-state index in [0.29, 0.717) is 6.07 Å². The molecule has 6 nitrogen and oxygen atoms in total. The first-order valence-electron chi connectivity index (χ1n) is 7.75. The Bertz CT molecular complexity index is 745. The smallest absolute Gasteiger partial charge is 0.410 e. The van der Waals surface area contributed by atoms with E-state index in [1.807, 2.05) is 0 Å². The van der Waals surface area contributed by atoms with Crippen molar-refractivity contribution in [1.29, 1.82) is 0 Å². The fourth-order valence-corrected chi connectivity index (χ4v) is 3.87. The van der Waals surface area contributed by atoms with E-state index < -0.39 is 38.4 Å². The molecule has 1 fully saturated rings. The summed E-state index contributed by atoms with van der Waals surface area (Å²) in [6.07, 6.45) is -0.650. The van der Waals surface area contributed by atoms with Gasteiger partial charge in [0.15, 0.2) is 21.5 Å². The molecule has 1 heterocycles. The number of ether oxygens (including phenoxy) is 2. The van der Waals surface area contributed by atoms with Crippen molar-refractivity contribution in [2.45, 2.75) is 36.5 Å². The summed E-state index contributed by atoms with van der Waals surface area (Å²) in [4.78, 5) is 13.1. The highest BCUT2D eigenvalue weighted by atomic mass is 32.2. The lowest BCUT2D eigenvalue weighted by Gasteiger charge is -2.27. The van der Waals surface area contributed by atoms with E-state index in [1.54, 1.807) is 20.8 Å². The Kier molecular flexibility index (Phi) is 5.68. The van der Waals surface area contributed by atoms with Crippen LogP contribution in [-0.2, 0) is 19.3 Å². The molecule has 140 valence electrons. The van der Waals surface area contributed by atoms with Crippen molar-refractivity contribution in [3.05, 3.63) is 29.8 Å². The van der Waals surface area contributed by atoms with E-state index in [4.69, 9.17) is 9.47 Å². The number of hydrogen-bond donors (Lipinski definition) is 0. The third-order valence-electron chi connectivity index (χ3n) is 3.54. The lowest BCUT2D eigenvalue weighted by atomic mass is 10.2. The Hall–Kier alpha value is -1.74. The maximum atomic E-state index is 13.4. The molecule has 0 unspecified atom stereocenters. The summed E-state index contributed by atoms with van der Waals surface area (Å²) in [5.41, 5.74) is -0.724. The van der Waals surface area contributed by atoms with Gasteiger partial charge in [-0.25, -0.2) is 22.0 Å². The van der Waals surface area contributed by atoms with E-state index in [-0.39, 0.29) is 31.2 Å². The highest BCUT2D eigenvalue weighted by molar-refractivity contribution is 7.92. The Morgan fingerprint density at radius 2 is 1.96 bits per heavy atom. The topological polar surface area (TPSA) is 72.9 Å². The summed E-state index contributed by atoms with van der Waals surface area (Å²) in [6, 6.07) is 2.38. The van der Waals surface area contributed by atoms with Crippen molar-refractivity contribution in [3.63, 3.8) is 0 Å². The van der Waals surface area contributed by atoms with Crippen LogP contribution in [0, 0.1) is 11.6 Å². The summed E-state index contributed by atoms with van der Waals surface area (Å²) in [6.45, 7) is 5.14. The lowest BCUT2D eigenvalue weighted by molar-refractivity contribution is 0.0244. The minimum atomic E-state index is -4.02. The summed E-state index contributed by atoms with van der Waals surface area (Å²) < 4.78 is 62.4. The Balaban J connectivity index is 2.24. The van der Waals surface area contributed by atoms with Crippen LogP contribution >= 0.6 is 0 Å². The number of hydrogen-bond acceptors (Lipinski definition) is 5. The fourth-order valence-electron chi connectivity index (χ4n) is 2.31. The molecule has 1 amide bonds. The van der Waals surface area contributed by atoms with E-state index in [9.17, 15) is 22.0 Å². The highest BCUT2D eigenvalue weighted by Crippen LogP contribution is 2.22. The van der Waals surface area contributed by atoms with Gasteiger partial charge in [0.2, 0.25) is 0 Å². The Morgan fingerprint density at radius 3 is 2.56 bits per heavy atom. The molecule has 0 N–H and O–H groups in total. The SMILES string of the molecule is CC(C)(C)OC(=O)N1CCOC[C@@H](S(=O)(=O)c2ccc(F)c(F)c2)C1. The van der Waals surface area contributed by atoms with Gasteiger partial charge in [-0.15, -0.1) is 0 Å². The number of rotatable bonds is 2. The van der Waals surface area contributed by atoms with Crippen LogP contribution in [0.4, 0.5) is 13.6 Å². The molecule has 2 rings (SSSR count). The predicted octanol–water partition coefficient (Wildman–Crippen LogP) is 2.37. The van der Waals surface area contributed by atoms with Crippen LogP contribution in [0.3, 0.4) is 0 Å². The van der Waals surface area contributed by atoms with Crippen LogP contribution in [0.15, 0.2) is 23.1 Å². The summed E-state index contributed by atoms with van der Waals surface area (Å²) in [5, 5.41) is -1.10. The molecule has 0 spiro atoms. The Labute approximate surface area is 145 Å². The molecule has 25 heavy (non-hydrogen) atoms. The quantitative estimate of drug-likeness (QED) is 0.740. The van der Waals surface area contributed by atoms with Crippen LogP contribution < -0.4 is 0 Å². The maximum absolute atomic E-state index is 13.4.